The largest absolute Gasteiger partial charge is 0.452 e. The van der Waals surface area contributed by atoms with Crippen LogP contribution in [0.5, 0.6) is 0 Å². The van der Waals surface area contributed by atoms with Crippen molar-refractivity contribution in [2.45, 2.75) is 19.8 Å². The van der Waals surface area contributed by atoms with Crippen LogP contribution in [0.2, 0.25) is 0 Å². The summed E-state index contributed by atoms with van der Waals surface area (Å²) < 4.78 is 65.1. The van der Waals surface area contributed by atoms with Crippen molar-refractivity contribution in [3.63, 3.8) is 0 Å². The summed E-state index contributed by atoms with van der Waals surface area (Å²) in [6.45, 7) is 0. The minimum absolute atomic E-state index is 1.33. The molecule has 0 aromatic rings. The van der Waals surface area contributed by atoms with Crippen molar-refractivity contribution in [3.8, 4) is 0 Å². The first-order valence-electron chi connectivity index (χ1n) is 3.49. The number of carbonyl (C=O) groups is 2. The van der Waals surface area contributed by atoms with Gasteiger partial charge < -0.3 is 0 Å². The third kappa shape index (κ3) is 9.73. The average molecular weight is 540 g/mol. The quantitative estimate of drug-likeness (QED) is 0.384. The van der Waals surface area contributed by atoms with Crippen molar-refractivity contribution in [2.24, 2.45) is 0 Å². The van der Waals surface area contributed by atoms with Gasteiger partial charge in [-0.2, -0.15) is 26.3 Å². The van der Waals surface area contributed by atoms with E-state index in [2.05, 4.69) is 63.7 Å². The van der Waals surface area contributed by atoms with Crippen LogP contribution in [-0.4, -0.2) is 31.4 Å². The highest BCUT2D eigenvalue weighted by Crippen LogP contribution is 2.24. The SMILES string of the molecule is O=C(C(Br)Br)C(F)(F)F.O=C(C(Br)Br)C(F)(F)F. The highest BCUT2D eigenvalue weighted by atomic mass is 79.9. The van der Waals surface area contributed by atoms with Gasteiger partial charge in [0.15, 0.2) is 0 Å². The van der Waals surface area contributed by atoms with E-state index in [1.165, 1.54) is 0 Å². The van der Waals surface area contributed by atoms with Gasteiger partial charge in [-0.05, 0) is 0 Å². The maximum atomic E-state index is 11.3. The van der Waals surface area contributed by atoms with Crippen LogP contribution in [0.1, 0.15) is 0 Å². The molecule has 0 rings (SSSR count). The van der Waals surface area contributed by atoms with E-state index >= 15 is 0 Å². The molecule has 0 fully saturated rings. The zero-order valence-corrected chi connectivity index (χ0v) is 14.1. The minimum Gasteiger partial charge on any atom is -0.287 e. The van der Waals surface area contributed by atoms with Crippen molar-refractivity contribution in [2.75, 3.05) is 0 Å². The third-order valence-electron chi connectivity index (χ3n) is 0.955. The molecule has 0 unspecified atom stereocenters. The van der Waals surface area contributed by atoms with E-state index in [1.807, 2.05) is 0 Å². The number of ketones is 2. The second-order valence-corrected chi connectivity index (χ2v) is 8.45. The number of hydrogen-bond donors (Lipinski definition) is 0. The zero-order chi connectivity index (χ0) is 15.3. The first-order chi connectivity index (χ1) is 7.71. The molecule has 0 atom stereocenters. The molecular weight excluding hydrogens is 538 g/mol. The van der Waals surface area contributed by atoms with Gasteiger partial charge in [-0.15, -0.1) is 0 Å². The summed E-state index contributed by atoms with van der Waals surface area (Å²) in [5.41, 5.74) is 0. The molecule has 108 valence electrons. The van der Waals surface area contributed by atoms with Crippen molar-refractivity contribution < 1.29 is 35.9 Å². The molecule has 0 aliphatic carbocycles. The molecule has 18 heavy (non-hydrogen) atoms. The topological polar surface area (TPSA) is 34.1 Å². The van der Waals surface area contributed by atoms with E-state index in [1.54, 1.807) is 0 Å². The van der Waals surface area contributed by atoms with Gasteiger partial charge in [0.05, 0.1) is 0 Å². The second kappa shape index (κ2) is 8.20. The van der Waals surface area contributed by atoms with Crippen LogP contribution in [-0.2, 0) is 9.59 Å². The first-order valence-corrected chi connectivity index (χ1v) is 7.16. The van der Waals surface area contributed by atoms with E-state index in [-0.39, 0.29) is 0 Å². The van der Waals surface area contributed by atoms with Gasteiger partial charge in [-0.3, -0.25) is 9.59 Å². The number of rotatable bonds is 2. The summed E-state index contributed by atoms with van der Waals surface area (Å²) >= 11 is 9.69. The summed E-state index contributed by atoms with van der Waals surface area (Å²) in [4.78, 5) is 19.9. The Kier molecular flexibility index (Phi) is 9.63. The van der Waals surface area contributed by atoms with E-state index < -0.39 is 31.4 Å². The molecule has 0 aliphatic heterocycles. The molecule has 0 aliphatic rings. The lowest BCUT2D eigenvalue weighted by atomic mass is 10.4. The molecule has 12 heteroatoms. The second-order valence-electron chi connectivity index (χ2n) is 2.33. The summed E-state index contributed by atoms with van der Waals surface area (Å²) in [6.07, 6.45) is -9.50. The number of hydrogen-bond acceptors (Lipinski definition) is 2. The third-order valence-corrected chi connectivity index (χ3v) is 2.62. The van der Waals surface area contributed by atoms with Gasteiger partial charge in [0.25, 0.3) is 11.6 Å². The molecule has 0 aromatic carbocycles. The molecule has 0 bridgehead atoms. The normalized spacial score (nSPS) is 12.2. The molecule has 0 N–H and O–H groups in total. The standard InChI is InChI=1S/2C3HBr2F3O/c2*4-2(5)1(9)3(6,7)8/h2*2H. The molecule has 2 nitrogen and oxygen atoms in total. The van der Waals surface area contributed by atoms with E-state index in [9.17, 15) is 35.9 Å². The van der Waals surface area contributed by atoms with Crippen LogP contribution in [0.15, 0.2) is 0 Å². The predicted molar refractivity (Wildman–Crippen MR) is 65.4 cm³/mol. The number of halogens is 10. The van der Waals surface area contributed by atoms with Gasteiger partial charge in [0.2, 0.25) is 0 Å². The number of Topliss-reactive ketones (excluding diaryl/α,β-unsaturated/α-hetero) is 2. The minimum atomic E-state index is -4.75. The Hall–Kier alpha value is 0.840. The fourth-order valence-corrected chi connectivity index (χ4v) is 1.29. The Balaban J connectivity index is 0. The van der Waals surface area contributed by atoms with E-state index in [4.69, 9.17) is 0 Å². The smallest absolute Gasteiger partial charge is 0.287 e. The van der Waals surface area contributed by atoms with Crippen LogP contribution in [0.25, 0.3) is 0 Å². The molecule has 0 heterocycles. The molecular formula is C6H2Br4F6O2. The molecule has 0 spiro atoms. The lowest BCUT2D eigenvalue weighted by Crippen LogP contribution is -2.27. The first kappa shape index (κ1) is 21.1. The Bertz CT molecular complexity index is 267. The molecule has 0 saturated heterocycles. The van der Waals surface area contributed by atoms with Gasteiger partial charge in [0, 0.05) is 0 Å². The molecule has 0 radical (unpaired) electrons. The Morgan fingerprint density at radius 1 is 0.667 bits per heavy atom. The van der Waals surface area contributed by atoms with Gasteiger partial charge in [-0.1, -0.05) is 63.7 Å². The fraction of sp³-hybridized carbons (Fsp3) is 0.667. The van der Waals surface area contributed by atoms with Crippen LogP contribution in [0.4, 0.5) is 26.3 Å². The molecule has 0 amide bonds. The van der Waals surface area contributed by atoms with Gasteiger partial charge >= 0.3 is 12.4 Å². The van der Waals surface area contributed by atoms with Crippen molar-refractivity contribution in [1.29, 1.82) is 0 Å². The lowest BCUT2D eigenvalue weighted by Gasteiger charge is -2.03. The number of carbonyl (C=O) groups excluding carboxylic acids is 2. The van der Waals surface area contributed by atoms with E-state index in [0.29, 0.717) is 0 Å². The lowest BCUT2D eigenvalue weighted by molar-refractivity contribution is -0.168. The van der Waals surface area contributed by atoms with Crippen molar-refractivity contribution >= 4 is 75.3 Å². The molecule has 0 aromatic heterocycles. The van der Waals surface area contributed by atoms with Crippen LogP contribution in [0, 0.1) is 0 Å². The summed E-state index contributed by atoms with van der Waals surface area (Å²) in [5.74, 6) is -3.66. The van der Waals surface area contributed by atoms with Crippen LogP contribution >= 0.6 is 63.7 Å². The summed E-state index contributed by atoms with van der Waals surface area (Å²) in [5, 5.41) is 0. The summed E-state index contributed by atoms with van der Waals surface area (Å²) in [7, 11) is 0. The van der Waals surface area contributed by atoms with Crippen molar-refractivity contribution in [3.05, 3.63) is 0 Å². The predicted octanol–water partition coefficient (Wildman–Crippen LogP) is 4.47. The monoisotopic (exact) mass is 536 g/mol. The van der Waals surface area contributed by atoms with Gasteiger partial charge in [0.1, 0.15) is 7.47 Å². The maximum absolute atomic E-state index is 11.3. The summed E-state index contributed by atoms with van der Waals surface area (Å²) in [6, 6.07) is 0. The average Bonchev–Trinajstić information content (AvgIpc) is 2.13. The molecule has 0 saturated carbocycles. The van der Waals surface area contributed by atoms with E-state index in [0.717, 1.165) is 0 Å². The Morgan fingerprint density at radius 3 is 0.833 bits per heavy atom. The Morgan fingerprint density at radius 2 is 0.833 bits per heavy atom. The fourth-order valence-electron chi connectivity index (χ4n) is 0.247. The van der Waals surface area contributed by atoms with Gasteiger partial charge in [-0.25, -0.2) is 0 Å². The highest BCUT2D eigenvalue weighted by Gasteiger charge is 2.42. The number of alkyl halides is 10. The Labute approximate surface area is 130 Å². The zero-order valence-electron chi connectivity index (χ0n) is 7.75. The highest BCUT2D eigenvalue weighted by molar-refractivity contribution is 9.25. The van der Waals surface area contributed by atoms with Crippen molar-refractivity contribution in [1.82, 2.24) is 0 Å². The maximum Gasteiger partial charge on any atom is 0.452 e. The van der Waals surface area contributed by atoms with Crippen LogP contribution < -0.4 is 0 Å². The van der Waals surface area contributed by atoms with Crippen LogP contribution in [0.3, 0.4) is 0 Å².